The minimum atomic E-state index is -0.860. The topological polar surface area (TPSA) is 49.3 Å². The summed E-state index contributed by atoms with van der Waals surface area (Å²) in [4.78, 5) is 13.2. The van der Waals surface area contributed by atoms with Gasteiger partial charge in [-0.2, -0.15) is 0 Å². The molecule has 23 heavy (non-hydrogen) atoms. The fraction of sp³-hybridized carbons (Fsp3) is 0.650. The van der Waals surface area contributed by atoms with Crippen LogP contribution in [0.1, 0.15) is 57.6 Å². The quantitative estimate of drug-likeness (QED) is 0.898. The van der Waals surface area contributed by atoms with Crippen LogP contribution in [0.25, 0.3) is 0 Å². The van der Waals surface area contributed by atoms with Gasteiger partial charge in [-0.05, 0) is 69.3 Å². The maximum absolute atomic E-state index is 13.2. The van der Waals surface area contributed by atoms with E-state index in [1.807, 2.05) is 44.2 Å². The molecule has 1 amide bonds. The molecule has 0 saturated heterocycles. The molecule has 1 aromatic carbocycles. The Kier molecular flexibility index (Phi) is 3.35. The summed E-state index contributed by atoms with van der Waals surface area (Å²) in [6.45, 7) is 3.95. The predicted octanol–water partition coefficient (Wildman–Crippen LogP) is 3.44. The molecule has 4 aliphatic carbocycles. The molecule has 2 N–H and O–H groups in total. The first-order valence-electron chi connectivity index (χ1n) is 9.00. The number of hydrogen-bond donors (Lipinski definition) is 2. The van der Waals surface area contributed by atoms with Crippen molar-refractivity contribution in [2.45, 2.75) is 57.6 Å². The highest BCUT2D eigenvalue weighted by atomic mass is 16.3. The lowest BCUT2D eigenvalue weighted by Crippen LogP contribution is -2.68. The Morgan fingerprint density at radius 3 is 2.39 bits per heavy atom. The van der Waals surface area contributed by atoms with E-state index >= 15 is 0 Å². The van der Waals surface area contributed by atoms with Crippen molar-refractivity contribution in [2.75, 3.05) is 0 Å². The molecule has 0 aliphatic heterocycles. The van der Waals surface area contributed by atoms with Crippen LogP contribution in [0.3, 0.4) is 0 Å². The van der Waals surface area contributed by atoms with E-state index < -0.39 is 11.0 Å². The number of amides is 1. The van der Waals surface area contributed by atoms with Crippen LogP contribution in [0.15, 0.2) is 30.3 Å². The number of benzene rings is 1. The molecule has 1 aromatic rings. The van der Waals surface area contributed by atoms with Crippen LogP contribution in [0.5, 0.6) is 0 Å². The number of carbonyl (C=O) groups is 1. The average Bonchev–Trinajstić information content (AvgIpc) is 2.53. The normalized spacial score (nSPS) is 42.5. The first kappa shape index (κ1) is 15.2. The van der Waals surface area contributed by atoms with Crippen LogP contribution in [0, 0.1) is 23.2 Å². The van der Waals surface area contributed by atoms with E-state index in [0.29, 0.717) is 17.8 Å². The lowest BCUT2D eigenvalue weighted by atomic mass is 9.43. The maximum atomic E-state index is 13.2. The zero-order valence-corrected chi connectivity index (χ0v) is 14.1. The van der Waals surface area contributed by atoms with Gasteiger partial charge in [-0.15, -0.1) is 0 Å². The summed E-state index contributed by atoms with van der Waals surface area (Å²) in [5.74, 6) is 1.63. The zero-order chi connectivity index (χ0) is 16.2. The van der Waals surface area contributed by atoms with Crippen LogP contribution in [-0.2, 0) is 4.79 Å². The van der Waals surface area contributed by atoms with E-state index in [-0.39, 0.29) is 11.9 Å². The van der Waals surface area contributed by atoms with E-state index in [1.54, 1.807) is 0 Å². The average molecular weight is 313 g/mol. The fourth-order valence-electron chi connectivity index (χ4n) is 5.81. The summed E-state index contributed by atoms with van der Waals surface area (Å²) >= 11 is 0. The van der Waals surface area contributed by atoms with Crippen molar-refractivity contribution in [2.24, 2.45) is 23.2 Å². The number of carbonyl (C=O) groups excluding carboxylic acids is 1. The van der Waals surface area contributed by atoms with E-state index in [4.69, 9.17) is 0 Å². The lowest BCUT2D eigenvalue weighted by Gasteiger charge is -2.63. The molecule has 4 atom stereocenters. The molecule has 0 heterocycles. The molecule has 0 spiro atoms. The van der Waals surface area contributed by atoms with E-state index in [2.05, 4.69) is 5.32 Å². The van der Waals surface area contributed by atoms with Gasteiger partial charge in [-0.1, -0.05) is 30.3 Å². The van der Waals surface area contributed by atoms with Crippen molar-refractivity contribution >= 4 is 5.91 Å². The zero-order valence-electron chi connectivity index (χ0n) is 14.1. The summed E-state index contributed by atoms with van der Waals surface area (Å²) in [7, 11) is 0. The third-order valence-corrected chi connectivity index (χ3v) is 7.02. The van der Waals surface area contributed by atoms with Crippen molar-refractivity contribution in [3.8, 4) is 0 Å². The van der Waals surface area contributed by atoms with Gasteiger partial charge in [0.05, 0.1) is 17.1 Å². The maximum Gasteiger partial charge on any atom is 0.229 e. The SMILES string of the molecule is CC(NC(=O)C12CC3CC(CC(C3)C1(C)O)C2)c1ccccc1. The van der Waals surface area contributed by atoms with Gasteiger partial charge in [-0.3, -0.25) is 4.79 Å². The Labute approximate surface area is 138 Å². The Balaban J connectivity index is 1.59. The van der Waals surface area contributed by atoms with E-state index in [0.717, 1.165) is 31.2 Å². The molecule has 0 aromatic heterocycles. The summed E-state index contributed by atoms with van der Waals surface area (Å²) in [6, 6.07) is 10.1. The van der Waals surface area contributed by atoms with Crippen molar-refractivity contribution in [3.63, 3.8) is 0 Å². The van der Waals surface area contributed by atoms with Crippen LogP contribution in [0.2, 0.25) is 0 Å². The van der Waals surface area contributed by atoms with Crippen molar-refractivity contribution < 1.29 is 9.90 Å². The minimum Gasteiger partial charge on any atom is -0.389 e. The second-order valence-corrected chi connectivity index (χ2v) is 8.38. The number of nitrogens with one attached hydrogen (secondary N) is 1. The number of aliphatic hydroxyl groups is 1. The third kappa shape index (κ3) is 2.16. The molecular formula is C20H27NO2. The number of hydrogen-bond acceptors (Lipinski definition) is 2. The van der Waals surface area contributed by atoms with Gasteiger partial charge in [0.2, 0.25) is 5.91 Å². The fourth-order valence-corrected chi connectivity index (χ4v) is 5.81. The molecule has 124 valence electrons. The monoisotopic (exact) mass is 313 g/mol. The largest absolute Gasteiger partial charge is 0.389 e. The molecule has 4 unspecified atom stereocenters. The summed E-state index contributed by atoms with van der Waals surface area (Å²) in [5.41, 5.74) is -0.323. The van der Waals surface area contributed by atoms with E-state index in [1.165, 1.54) is 6.42 Å². The molecule has 3 nitrogen and oxygen atoms in total. The van der Waals surface area contributed by atoms with Crippen molar-refractivity contribution in [1.29, 1.82) is 0 Å². The number of rotatable bonds is 3. The first-order valence-corrected chi connectivity index (χ1v) is 9.00. The highest BCUT2D eigenvalue weighted by molar-refractivity contribution is 5.85. The van der Waals surface area contributed by atoms with Crippen LogP contribution in [-0.4, -0.2) is 16.6 Å². The Bertz CT molecular complexity index is 595. The van der Waals surface area contributed by atoms with Crippen molar-refractivity contribution in [1.82, 2.24) is 5.32 Å². The van der Waals surface area contributed by atoms with Crippen LogP contribution < -0.4 is 5.32 Å². The molecule has 4 saturated carbocycles. The summed E-state index contributed by atoms with van der Waals surface area (Å²) in [5, 5.41) is 14.4. The van der Waals surface area contributed by atoms with Gasteiger partial charge >= 0.3 is 0 Å². The van der Waals surface area contributed by atoms with Crippen molar-refractivity contribution in [3.05, 3.63) is 35.9 Å². The molecule has 4 aliphatic rings. The lowest BCUT2D eigenvalue weighted by molar-refractivity contribution is -0.218. The van der Waals surface area contributed by atoms with E-state index in [9.17, 15) is 9.90 Å². The first-order chi connectivity index (χ1) is 10.9. The predicted molar refractivity (Wildman–Crippen MR) is 89.6 cm³/mol. The van der Waals surface area contributed by atoms with Crippen LogP contribution >= 0.6 is 0 Å². The second-order valence-electron chi connectivity index (χ2n) is 8.38. The van der Waals surface area contributed by atoms with Gasteiger partial charge < -0.3 is 10.4 Å². The Hall–Kier alpha value is -1.35. The molecule has 4 fully saturated rings. The van der Waals surface area contributed by atoms with Gasteiger partial charge in [-0.25, -0.2) is 0 Å². The molecule has 4 bridgehead atoms. The molecular weight excluding hydrogens is 286 g/mol. The molecule has 5 rings (SSSR count). The van der Waals surface area contributed by atoms with Gasteiger partial charge in [0.15, 0.2) is 0 Å². The standard InChI is InChI=1S/C20H27NO2/c1-13(16-6-4-3-5-7-16)21-18(22)20-11-14-8-15(12-20)10-17(9-14)19(20,2)23/h3-7,13-15,17,23H,8-12H2,1-2H3,(H,21,22). The highest BCUT2D eigenvalue weighted by Crippen LogP contribution is 2.64. The van der Waals surface area contributed by atoms with Gasteiger partial charge in [0.25, 0.3) is 0 Å². The molecule has 3 heteroatoms. The summed E-state index contributed by atoms with van der Waals surface area (Å²) in [6.07, 6.45) is 5.19. The molecule has 0 radical (unpaired) electrons. The highest BCUT2D eigenvalue weighted by Gasteiger charge is 2.66. The Morgan fingerprint density at radius 2 is 1.78 bits per heavy atom. The third-order valence-electron chi connectivity index (χ3n) is 7.02. The minimum absolute atomic E-state index is 0.0208. The van der Waals surface area contributed by atoms with Crippen LogP contribution in [0.4, 0.5) is 0 Å². The smallest absolute Gasteiger partial charge is 0.229 e. The summed E-state index contributed by atoms with van der Waals surface area (Å²) < 4.78 is 0. The Morgan fingerprint density at radius 1 is 1.17 bits per heavy atom. The van der Waals surface area contributed by atoms with Gasteiger partial charge in [0.1, 0.15) is 0 Å². The van der Waals surface area contributed by atoms with Gasteiger partial charge in [0, 0.05) is 0 Å². The second kappa shape index (κ2) is 5.07.